The molecule has 3 heterocycles. The summed E-state index contributed by atoms with van der Waals surface area (Å²) < 4.78 is 8.24. The average Bonchev–Trinajstić information content (AvgIpc) is 3.16. The molecule has 0 aliphatic carbocycles. The Labute approximate surface area is 195 Å². The van der Waals surface area contributed by atoms with Crippen LogP contribution in [0.1, 0.15) is 59.2 Å². The molecule has 1 amide bonds. The topological polar surface area (TPSA) is 80.5 Å². The highest BCUT2D eigenvalue weighted by Gasteiger charge is 2.35. The van der Waals surface area contributed by atoms with Gasteiger partial charge in [0.1, 0.15) is 11.3 Å². The molecule has 0 bridgehead atoms. The standard InChI is InChI=1S/C26H36N4O3/c1-5-23-28-21-17-27-20-11-7-6-10-19(20)24(21)30(23)14-9-8-13-29(25(31)32)18-12-15-33-22(16-18)26(2,3)4/h6-7,10-11,17-18,22H,5,8-9,12-16H2,1-4H3,(H,31,32). The maximum atomic E-state index is 12.1. The largest absolute Gasteiger partial charge is 0.465 e. The molecule has 2 atom stereocenters. The van der Waals surface area contributed by atoms with Crippen LogP contribution in [0.2, 0.25) is 0 Å². The SMILES string of the molecule is CCc1nc2cnc3ccccc3c2n1CCCCN(C(=O)O)C1CCOC(C(C)(C)C)C1. The van der Waals surface area contributed by atoms with Crippen LogP contribution < -0.4 is 0 Å². The molecule has 1 aromatic carbocycles. The lowest BCUT2D eigenvalue weighted by atomic mass is 9.83. The van der Waals surface area contributed by atoms with Crippen molar-refractivity contribution in [3.8, 4) is 0 Å². The van der Waals surface area contributed by atoms with Crippen LogP contribution in [0.4, 0.5) is 4.79 Å². The van der Waals surface area contributed by atoms with Crippen molar-refractivity contribution in [1.82, 2.24) is 19.4 Å². The van der Waals surface area contributed by atoms with Gasteiger partial charge in [0.25, 0.3) is 0 Å². The highest BCUT2D eigenvalue weighted by Crippen LogP contribution is 2.32. The number of carboxylic acid groups (broad SMARTS) is 1. The molecule has 2 aromatic heterocycles. The zero-order valence-corrected chi connectivity index (χ0v) is 20.3. The van der Waals surface area contributed by atoms with Gasteiger partial charge in [-0.3, -0.25) is 4.98 Å². The number of fused-ring (bicyclic) bond motifs is 3. The van der Waals surface area contributed by atoms with Gasteiger partial charge in [0, 0.05) is 37.5 Å². The Morgan fingerprint density at radius 3 is 2.76 bits per heavy atom. The highest BCUT2D eigenvalue weighted by atomic mass is 16.5. The Morgan fingerprint density at radius 2 is 2.03 bits per heavy atom. The van der Waals surface area contributed by atoms with Gasteiger partial charge in [-0.25, -0.2) is 9.78 Å². The molecule has 1 fully saturated rings. The van der Waals surface area contributed by atoms with Crippen LogP contribution in [0.3, 0.4) is 0 Å². The third-order valence-electron chi connectivity index (χ3n) is 6.81. The quantitative estimate of drug-likeness (QED) is 0.479. The maximum absolute atomic E-state index is 12.1. The Morgan fingerprint density at radius 1 is 1.24 bits per heavy atom. The second-order valence-electron chi connectivity index (χ2n) is 10.1. The van der Waals surface area contributed by atoms with Crippen molar-refractivity contribution in [2.45, 2.75) is 78.5 Å². The summed E-state index contributed by atoms with van der Waals surface area (Å²) in [7, 11) is 0. The molecule has 1 aliphatic heterocycles. The first kappa shape index (κ1) is 23.5. The number of benzene rings is 1. The molecule has 7 heteroatoms. The predicted molar refractivity (Wildman–Crippen MR) is 131 cm³/mol. The Hall–Kier alpha value is -2.67. The number of unbranched alkanes of at least 4 members (excludes halogenated alkanes) is 1. The van der Waals surface area contributed by atoms with Gasteiger partial charge in [-0.15, -0.1) is 0 Å². The molecule has 2 unspecified atom stereocenters. The third kappa shape index (κ3) is 4.98. The number of imidazole rings is 1. The van der Waals surface area contributed by atoms with Crippen molar-refractivity contribution >= 4 is 28.0 Å². The number of rotatable bonds is 7. The number of aromatic nitrogens is 3. The molecule has 1 aliphatic rings. The molecule has 1 saturated heterocycles. The van der Waals surface area contributed by atoms with E-state index < -0.39 is 6.09 Å². The van der Waals surface area contributed by atoms with E-state index in [-0.39, 0.29) is 17.6 Å². The summed E-state index contributed by atoms with van der Waals surface area (Å²) in [6, 6.07) is 8.20. The lowest BCUT2D eigenvalue weighted by Gasteiger charge is -2.41. The summed E-state index contributed by atoms with van der Waals surface area (Å²) in [5.41, 5.74) is 3.04. The zero-order chi connectivity index (χ0) is 23.6. The fraction of sp³-hybridized carbons (Fsp3) is 0.577. The van der Waals surface area contributed by atoms with Crippen LogP contribution in [0.15, 0.2) is 30.5 Å². The van der Waals surface area contributed by atoms with E-state index >= 15 is 0 Å². The van der Waals surface area contributed by atoms with Crippen LogP contribution in [0.5, 0.6) is 0 Å². The van der Waals surface area contributed by atoms with E-state index in [1.807, 2.05) is 24.4 Å². The Balaban J connectivity index is 1.45. The molecule has 4 rings (SSSR count). The minimum Gasteiger partial charge on any atom is -0.465 e. The van der Waals surface area contributed by atoms with E-state index in [2.05, 4.69) is 43.3 Å². The van der Waals surface area contributed by atoms with E-state index in [9.17, 15) is 9.90 Å². The Kier molecular flexibility index (Phi) is 6.88. The number of aryl methyl sites for hydroxylation is 2. The summed E-state index contributed by atoms with van der Waals surface area (Å²) in [5.74, 6) is 1.05. The number of hydrogen-bond donors (Lipinski definition) is 1. The van der Waals surface area contributed by atoms with E-state index in [4.69, 9.17) is 9.72 Å². The molecule has 3 aromatic rings. The van der Waals surface area contributed by atoms with Crippen molar-refractivity contribution < 1.29 is 14.6 Å². The normalized spacial score (nSPS) is 19.3. The van der Waals surface area contributed by atoms with Crippen molar-refractivity contribution in [2.24, 2.45) is 5.41 Å². The van der Waals surface area contributed by atoms with E-state index in [0.717, 1.165) is 66.4 Å². The lowest BCUT2D eigenvalue weighted by molar-refractivity contribution is -0.0735. The zero-order valence-electron chi connectivity index (χ0n) is 20.3. The summed E-state index contributed by atoms with van der Waals surface area (Å²) in [6.45, 7) is 10.6. The molecule has 7 nitrogen and oxygen atoms in total. The molecule has 0 saturated carbocycles. The molecule has 0 spiro atoms. The molecule has 178 valence electrons. The fourth-order valence-corrected chi connectivity index (χ4v) is 4.97. The summed E-state index contributed by atoms with van der Waals surface area (Å²) in [5, 5.41) is 11.0. The van der Waals surface area contributed by atoms with Crippen molar-refractivity contribution in [2.75, 3.05) is 13.2 Å². The minimum atomic E-state index is -0.825. The molecule has 1 N–H and O–H groups in total. The number of hydrogen-bond acceptors (Lipinski definition) is 4. The van der Waals surface area contributed by atoms with Gasteiger partial charge >= 0.3 is 6.09 Å². The van der Waals surface area contributed by atoms with Crippen molar-refractivity contribution in [3.63, 3.8) is 0 Å². The van der Waals surface area contributed by atoms with E-state index in [0.29, 0.717) is 13.2 Å². The van der Waals surface area contributed by atoms with Gasteiger partial charge in [-0.1, -0.05) is 45.9 Å². The highest BCUT2D eigenvalue weighted by molar-refractivity contribution is 6.02. The van der Waals surface area contributed by atoms with Crippen LogP contribution in [-0.2, 0) is 17.7 Å². The monoisotopic (exact) mass is 452 g/mol. The predicted octanol–water partition coefficient (Wildman–Crippen LogP) is 5.50. The second kappa shape index (κ2) is 9.67. The van der Waals surface area contributed by atoms with E-state index in [1.165, 1.54) is 0 Å². The number of nitrogens with zero attached hydrogens (tertiary/aromatic N) is 4. The smallest absolute Gasteiger partial charge is 0.407 e. The average molecular weight is 453 g/mol. The molecule has 33 heavy (non-hydrogen) atoms. The second-order valence-corrected chi connectivity index (χ2v) is 10.1. The van der Waals surface area contributed by atoms with Gasteiger partial charge in [0.15, 0.2) is 0 Å². The first-order valence-corrected chi connectivity index (χ1v) is 12.1. The molecule has 0 radical (unpaired) electrons. The van der Waals surface area contributed by atoms with E-state index in [1.54, 1.807) is 4.90 Å². The number of pyridine rings is 1. The third-order valence-corrected chi connectivity index (χ3v) is 6.81. The summed E-state index contributed by atoms with van der Waals surface area (Å²) in [6.07, 6.45) is 5.21. The molecular formula is C26H36N4O3. The summed E-state index contributed by atoms with van der Waals surface area (Å²) >= 11 is 0. The van der Waals surface area contributed by atoms with Gasteiger partial charge in [0.05, 0.1) is 23.3 Å². The Bertz CT molecular complexity index is 1120. The number of ether oxygens (including phenoxy) is 1. The molecular weight excluding hydrogens is 416 g/mol. The maximum Gasteiger partial charge on any atom is 0.407 e. The van der Waals surface area contributed by atoms with Gasteiger partial charge in [-0.05, 0) is 37.2 Å². The van der Waals surface area contributed by atoms with Gasteiger partial charge < -0.3 is 19.3 Å². The van der Waals surface area contributed by atoms with Crippen LogP contribution in [0.25, 0.3) is 21.9 Å². The number of para-hydroxylation sites is 1. The first-order chi connectivity index (χ1) is 15.8. The first-order valence-electron chi connectivity index (χ1n) is 12.1. The number of carbonyl (C=O) groups is 1. The lowest BCUT2D eigenvalue weighted by Crippen LogP contribution is -2.48. The minimum absolute atomic E-state index is 0.0134. The van der Waals surface area contributed by atoms with Crippen LogP contribution in [0, 0.1) is 5.41 Å². The summed E-state index contributed by atoms with van der Waals surface area (Å²) in [4.78, 5) is 23.1. The fourth-order valence-electron chi connectivity index (χ4n) is 4.97. The van der Waals surface area contributed by atoms with Gasteiger partial charge in [0.2, 0.25) is 0 Å². The van der Waals surface area contributed by atoms with Gasteiger partial charge in [-0.2, -0.15) is 0 Å². The van der Waals surface area contributed by atoms with Crippen molar-refractivity contribution in [3.05, 3.63) is 36.3 Å². The van der Waals surface area contributed by atoms with Crippen molar-refractivity contribution in [1.29, 1.82) is 0 Å². The van der Waals surface area contributed by atoms with Crippen LogP contribution >= 0.6 is 0 Å². The van der Waals surface area contributed by atoms with Crippen LogP contribution in [-0.4, -0.2) is 55.9 Å². The number of amides is 1.